The number of amides is 1. The standard InChI is InChI=1S/C20H23NO4/c1-2-23-16-11-9-15(10-12-16)6-5-13-21-20(22)19-14-24-17-7-3-4-8-18(17)25-19/h3-4,7-12,19H,2,5-6,13-14H2,1H3,(H,21,22). The lowest BCUT2D eigenvalue weighted by molar-refractivity contribution is -0.130. The fourth-order valence-electron chi connectivity index (χ4n) is 2.69. The Kier molecular flexibility index (Phi) is 5.77. The summed E-state index contributed by atoms with van der Waals surface area (Å²) in [4.78, 5) is 12.2. The van der Waals surface area contributed by atoms with E-state index in [-0.39, 0.29) is 12.5 Å². The van der Waals surface area contributed by atoms with E-state index in [0.717, 1.165) is 18.6 Å². The summed E-state index contributed by atoms with van der Waals surface area (Å²) in [6, 6.07) is 15.4. The van der Waals surface area contributed by atoms with Crippen LogP contribution in [0.15, 0.2) is 48.5 Å². The van der Waals surface area contributed by atoms with Crippen LogP contribution >= 0.6 is 0 Å². The minimum atomic E-state index is -0.597. The molecule has 5 heteroatoms. The molecule has 3 rings (SSSR count). The van der Waals surface area contributed by atoms with Gasteiger partial charge in [-0.3, -0.25) is 4.79 Å². The summed E-state index contributed by atoms with van der Waals surface area (Å²) in [6.07, 6.45) is 1.17. The van der Waals surface area contributed by atoms with E-state index in [1.165, 1.54) is 5.56 Å². The van der Waals surface area contributed by atoms with E-state index in [9.17, 15) is 4.79 Å². The highest BCUT2D eigenvalue weighted by Gasteiger charge is 2.26. The third-order valence-electron chi connectivity index (χ3n) is 3.98. The maximum atomic E-state index is 12.2. The molecule has 0 aromatic heterocycles. The second-order valence-electron chi connectivity index (χ2n) is 5.84. The summed E-state index contributed by atoms with van der Waals surface area (Å²) in [5.41, 5.74) is 1.23. The molecule has 0 aliphatic carbocycles. The van der Waals surface area contributed by atoms with Crippen LogP contribution in [0, 0.1) is 0 Å². The highest BCUT2D eigenvalue weighted by atomic mass is 16.6. The first-order valence-corrected chi connectivity index (χ1v) is 8.64. The van der Waals surface area contributed by atoms with Crippen molar-refractivity contribution in [2.75, 3.05) is 19.8 Å². The normalized spacial score (nSPS) is 15.5. The first-order valence-electron chi connectivity index (χ1n) is 8.64. The number of para-hydroxylation sites is 2. The molecule has 0 saturated carbocycles. The van der Waals surface area contributed by atoms with E-state index in [0.29, 0.717) is 24.7 Å². The molecule has 2 aromatic rings. The van der Waals surface area contributed by atoms with Crippen LogP contribution in [0.2, 0.25) is 0 Å². The van der Waals surface area contributed by atoms with Crippen LogP contribution in [0.3, 0.4) is 0 Å². The van der Waals surface area contributed by atoms with E-state index in [2.05, 4.69) is 17.4 Å². The third-order valence-corrected chi connectivity index (χ3v) is 3.98. The summed E-state index contributed by atoms with van der Waals surface area (Å²) in [5.74, 6) is 2.04. The molecule has 1 unspecified atom stereocenters. The largest absolute Gasteiger partial charge is 0.494 e. The smallest absolute Gasteiger partial charge is 0.264 e. The maximum absolute atomic E-state index is 12.2. The summed E-state index contributed by atoms with van der Waals surface area (Å²) in [6.45, 7) is 3.48. The lowest BCUT2D eigenvalue weighted by Gasteiger charge is -2.25. The van der Waals surface area contributed by atoms with Crippen molar-refractivity contribution >= 4 is 5.91 Å². The molecule has 1 aliphatic heterocycles. The summed E-state index contributed by atoms with van der Waals surface area (Å²) >= 11 is 0. The molecule has 5 nitrogen and oxygen atoms in total. The van der Waals surface area contributed by atoms with Gasteiger partial charge >= 0.3 is 0 Å². The fourth-order valence-corrected chi connectivity index (χ4v) is 2.69. The Morgan fingerprint density at radius 3 is 2.68 bits per heavy atom. The molecule has 1 aliphatic rings. The zero-order chi connectivity index (χ0) is 17.5. The highest BCUT2D eigenvalue weighted by molar-refractivity contribution is 5.81. The average molecular weight is 341 g/mol. The predicted octanol–water partition coefficient (Wildman–Crippen LogP) is 2.97. The van der Waals surface area contributed by atoms with Crippen molar-refractivity contribution in [2.24, 2.45) is 0 Å². The van der Waals surface area contributed by atoms with E-state index >= 15 is 0 Å². The number of nitrogens with one attached hydrogen (secondary N) is 1. The molecule has 1 atom stereocenters. The van der Waals surface area contributed by atoms with Crippen LogP contribution in [0.25, 0.3) is 0 Å². The van der Waals surface area contributed by atoms with Crippen molar-refractivity contribution in [1.29, 1.82) is 0 Å². The number of benzene rings is 2. The minimum absolute atomic E-state index is 0.138. The quantitative estimate of drug-likeness (QED) is 0.787. The number of hydrogen-bond acceptors (Lipinski definition) is 4. The first-order chi connectivity index (χ1) is 12.3. The Morgan fingerprint density at radius 1 is 1.16 bits per heavy atom. The molecular formula is C20H23NO4. The second-order valence-corrected chi connectivity index (χ2v) is 5.84. The Labute approximate surface area is 147 Å². The SMILES string of the molecule is CCOc1ccc(CCCNC(=O)C2COc3ccccc3O2)cc1. The topological polar surface area (TPSA) is 56.8 Å². The van der Waals surface area contributed by atoms with Gasteiger partial charge in [0.25, 0.3) is 5.91 Å². The van der Waals surface area contributed by atoms with Gasteiger partial charge in [0, 0.05) is 6.54 Å². The molecule has 2 aromatic carbocycles. The third kappa shape index (κ3) is 4.66. The van der Waals surface area contributed by atoms with Crippen molar-refractivity contribution < 1.29 is 19.0 Å². The van der Waals surface area contributed by atoms with Gasteiger partial charge < -0.3 is 19.5 Å². The van der Waals surface area contributed by atoms with Gasteiger partial charge in [-0.05, 0) is 49.6 Å². The van der Waals surface area contributed by atoms with Crippen molar-refractivity contribution in [3.8, 4) is 17.2 Å². The molecule has 0 saturated heterocycles. The van der Waals surface area contributed by atoms with Crippen LogP contribution < -0.4 is 19.5 Å². The number of fused-ring (bicyclic) bond motifs is 1. The molecule has 132 valence electrons. The van der Waals surface area contributed by atoms with Gasteiger partial charge in [0.15, 0.2) is 11.5 Å². The Balaban J connectivity index is 1.40. The lowest BCUT2D eigenvalue weighted by atomic mass is 10.1. The van der Waals surface area contributed by atoms with Gasteiger partial charge in [0.1, 0.15) is 12.4 Å². The Hall–Kier alpha value is -2.69. The number of carbonyl (C=O) groups is 1. The van der Waals surface area contributed by atoms with Crippen molar-refractivity contribution in [3.05, 3.63) is 54.1 Å². The van der Waals surface area contributed by atoms with Crippen LogP contribution in [-0.2, 0) is 11.2 Å². The van der Waals surface area contributed by atoms with E-state index in [4.69, 9.17) is 14.2 Å². The molecule has 0 bridgehead atoms. The highest BCUT2D eigenvalue weighted by Crippen LogP contribution is 2.30. The zero-order valence-corrected chi connectivity index (χ0v) is 14.4. The van der Waals surface area contributed by atoms with Gasteiger partial charge in [-0.25, -0.2) is 0 Å². The molecule has 1 N–H and O–H groups in total. The second kappa shape index (κ2) is 8.42. The number of rotatable bonds is 7. The summed E-state index contributed by atoms with van der Waals surface area (Å²) in [7, 11) is 0. The molecule has 0 radical (unpaired) electrons. The number of hydrogen-bond donors (Lipinski definition) is 1. The van der Waals surface area contributed by atoms with Gasteiger partial charge in [-0.2, -0.15) is 0 Å². The summed E-state index contributed by atoms with van der Waals surface area (Å²) in [5, 5.41) is 2.92. The monoisotopic (exact) mass is 341 g/mol. The Bertz CT molecular complexity index is 699. The molecule has 0 spiro atoms. The molecule has 25 heavy (non-hydrogen) atoms. The minimum Gasteiger partial charge on any atom is -0.494 e. The number of aryl methyl sites for hydroxylation is 1. The van der Waals surface area contributed by atoms with E-state index in [1.54, 1.807) is 6.07 Å². The van der Waals surface area contributed by atoms with Crippen LogP contribution in [0.4, 0.5) is 0 Å². The van der Waals surface area contributed by atoms with Crippen LogP contribution in [-0.4, -0.2) is 31.8 Å². The van der Waals surface area contributed by atoms with Gasteiger partial charge in [0.05, 0.1) is 6.61 Å². The van der Waals surface area contributed by atoms with Gasteiger partial charge in [0.2, 0.25) is 6.10 Å². The molecule has 1 amide bonds. The van der Waals surface area contributed by atoms with Crippen molar-refractivity contribution in [1.82, 2.24) is 5.32 Å². The maximum Gasteiger partial charge on any atom is 0.264 e. The van der Waals surface area contributed by atoms with E-state index < -0.39 is 6.10 Å². The van der Waals surface area contributed by atoms with Crippen molar-refractivity contribution in [2.45, 2.75) is 25.9 Å². The lowest BCUT2D eigenvalue weighted by Crippen LogP contribution is -2.44. The van der Waals surface area contributed by atoms with Crippen LogP contribution in [0.1, 0.15) is 18.9 Å². The molecular weight excluding hydrogens is 318 g/mol. The van der Waals surface area contributed by atoms with Crippen LogP contribution in [0.5, 0.6) is 17.2 Å². The first kappa shape index (κ1) is 17.1. The number of ether oxygens (including phenoxy) is 3. The van der Waals surface area contributed by atoms with Gasteiger partial charge in [-0.1, -0.05) is 24.3 Å². The number of carbonyl (C=O) groups excluding carboxylic acids is 1. The molecule has 1 heterocycles. The van der Waals surface area contributed by atoms with Gasteiger partial charge in [-0.15, -0.1) is 0 Å². The summed E-state index contributed by atoms with van der Waals surface area (Å²) < 4.78 is 16.7. The Morgan fingerprint density at radius 2 is 1.92 bits per heavy atom. The zero-order valence-electron chi connectivity index (χ0n) is 14.4. The predicted molar refractivity (Wildman–Crippen MR) is 95.3 cm³/mol. The van der Waals surface area contributed by atoms with E-state index in [1.807, 2.05) is 37.3 Å². The molecule has 0 fully saturated rings. The average Bonchev–Trinajstić information content (AvgIpc) is 2.66. The van der Waals surface area contributed by atoms with Crippen molar-refractivity contribution in [3.63, 3.8) is 0 Å². The fraction of sp³-hybridized carbons (Fsp3) is 0.350.